The first-order chi connectivity index (χ1) is 11.0. The van der Waals surface area contributed by atoms with Gasteiger partial charge < -0.3 is 5.32 Å². The van der Waals surface area contributed by atoms with Gasteiger partial charge in [-0.15, -0.1) is 0 Å². The van der Waals surface area contributed by atoms with Crippen LogP contribution >= 0.6 is 27.5 Å². The lowest BCUT2D eigenvalue weighted by Crippen LogP contribution is -2.34. The van der Waals surface area contributed by atoms with E-state index in [1.54, 1.807) is 24.3 Å². The standard InChI is InChI=1S/C16H13BrClN3O2/c17-13-3-1-2-11(8-13)9-20-21-15(22)10-19-16(23)12-4-6-14(18)7-5-12/h1-9H,10H2,(H,19,23)(H,21,22)/b20-9-. The first-order valence-electron chi connectivity index (χ1n) is 6.66. The van der Waals surface area contributed by atoms with Gasteiger partial charge in [-0.25, -0.2) is 5.43 Å². The number of hydrogen-bond donors (Lipinski definition) is 2. The molecule has 2 N–H and O–H groups in total. The van der Waals surface area contributed by atoms with E-state index in [-0.39, 0.29) is 12.5 Å². The van der Waals surface area contributed by atoms with Gasteiger partial charge in [0.05, 0.1) is 12.8 Å². The zero-order chi connectivity index (χ0) is 16.7. The van der Waals surface area contributed by atoms with Gasteiger partial charge in [-0.1, -0.05) is 39.7 Å². The van der Waals surface area contributed by atoms with Crippen LogP contribution in [0.4, 0.5) is 0 Å². The Labute approximate surface area is 146 Å². The molecule has 0 aliphatic heterocycles. The third-order valence-electron chi connectivity index (χ3n) is 2.77. The van der Waals surface area contributed by atoms with Crippen LogP contribution in [0.15, 0.2) is 58.1 Å². The monoisotopic (exact) mass is 393 g/mol. The zero-order valence-electron chi connectivity index (χ0n) is 11.9. The number of amides is 2. The Hall–Kier alpha value is -2.18. The number of rotatable bonds is 5. The molecule has 2 rings (SSSR count). The molecule has 23 heavy (non-hydrogen) atoms. The van der Waals surface area contributed by atoms with Crippen LogP contribution in [0, 0.1) is 0 Å². The van der Waals surface area contributed by atoms with Crippen LogP contribution in [0.25, 0.3) is 0 Å². The lowest BCUT2D eigenvalue weighted by atomic mass is 10.2. The van der Waals surface area contributed by atoms with Crippen molar-refractivity contribution in [1.82, 2.24) is 10.7 Å². The molecule has 0 heterocycles. The first-order valence-corrected chi connectivity index (χ1v) is 7.83. The van der Waals surface area contributed by atoms with Crippen LogP contribution in [0.3, 0.4) is 0 Å². The van der Waals surface area contributed by atoms with Crippen molar-refractivity contribution < 1.29 is 9.59 Å². The highest BCUT2D eigenvalue weighted by Gasteiger charge is 2.07. The van der Waals surface area contributed by atoms with Gasteiger partial charge in [0.25, 0.3) is 11.8 Å². The number of carbonyl (C=O) groups excluding carboxylic acids is 2. The molecule has 0 aromatic heterocycles. The average Bonchev–Trinajstić information content (AvgIpc) is 2.53. The zero-order valence-corrected chi connectivity index (χ0v) is 14.3. The Bertz CT molecular complexity index is 732. The quantitative estimate of drug-likeness (QED) is 0.604. The minimum absolute atomic E-state index is 0.169. The molecule has 5 nitrogen and oxygen atoms in total. The maximum atomic E-state index is 11.8. The summed E-state index contributed by atoms with van der Waals surface area (Å²) >= 11 is 9.09. The maximum absolute atomic E-state index is 11.8. The van der Waals surface area contributed by atoms with Crippen molar-refractivity contribution in [2.75, 3.05) is 6.54 Å². The van der Waals surface area contributed by atoms with Gasteiger partial charge >= 0.3 is 0 Å². The van der Waals surface area contributed by atoms with Crippen molar-refractivity contribution in [1.29, 1.82) is 0 Å². The summed E-state index contributed by atoms with van der Waals surface area (Å²) in [6, 6.07) is 13.8. The summed E-state index contributed by atoms with van der Waals surface area (Å²) in [5, 5.41) is 6.87. The van der Waals surface area contributed by atoms with Crippen molar-refractivity contribution in [3.8, 4) is 0 Å². The molecule has 7 heteroatoms. The lowest BCUT2D eigenvalue weighted by Gasteiger charge is -2.04. The van der Waals surface area contributed by atoms with Gasteiger partial charge in [-0.3, -0.25) is 9.59 Å². The topological polar surface area (TPSA) is 70.6 Å². The highest BCUT2D eigenvalue weighted by Crippen LogP contribution is 2.10. The molecular formula is C16H13BrClN3O2. The number of carbonyl (C=O) groups is 2. The van der Waals surface area contributed by atoms with Gasteiger partial charge in [0.15, 0.2) is 0 Å². The summed E-state index contributed by atoms with van der Waals surface area (Å²) in [6.07, 6.45) is 1.52. The third-order valence-corrected chi connectivity index (χ3v) is 3.51. The number of nitrogens with zero attached hydrogens (tertiary/aromatic N) is 1. The molecule has 0 radical (unpaired) electrons. The second-order valence-electron chi connectivity index (χ2n) is 4.54. The predicted octanol–water partition coefficient (Wildman–Crippen LogP) is 2.98. The second kappa shape index (κ2) is 8.45. The largest absolute Gasteiger partial charge is 0.343 e. The second-order valence-corrected chi connectivity index (χ2v) is 5.89. The normalized spacial score (nSPS) is 10.5. The van der Waals surface area contributed by atoms with E-state index >= 15 is 0 Å². The Kier molecular flexibility index (Phi) is 6.31. The lowest BCUT2D eigenvalue weighted by molar-refractivity contribution is -0.120. The van der Waals surface area contributed by atoms with Gasteiger partial charge in [0.1, 0.15) is 0 Å². The molecule has 2 aromatic carbocycles. The van der Waals surface area contributed by atoms with Crippen molar-refractivity contribution in [3.63, 3.8) is 0 Å². The van der Waals surface area contributed by atoms with E-state index in [0.29, 0.717) is 10.6 Å². The van der Waals surface area contributed by atoms with E-state index in [2.05, 4.69) is 31.8 Å². The van der Waals surface area contributed by atoms with Crippen molar-refractivity contribution >= 4 is 45.6 Å². The fourth-order valence-electron chi connectivity index (χ4n) is 1.67. The molecule has 0 aliphatic carbocycles. The van der Waals surface area contributed by atoms with Gasteiger partial charge in [0, 0.05) is 15.1 Å². The summed E-state index contributed by atoms with van der Waals surface area (Å²) in [6.45, 7) is -0.169. The highest BCUT2D eigenvalue weighted by molar-refractivity contribution is 9.10. The molecule has 0 saturated heterocycles. The minimum atomic E-state index is -0.418. The van der Waals surface area contributed by atoms with Crippen LogP contribution in [-0.4, -0.2) is 24.6 Å². The van der Waals surface area contributed by atoms with E-state index in [4.69, 9.17) is 11.6 Å². The molecule has 0 bridgehead atoms. The van der Waals surface area contributed by atoms with Crippen LogP contribution in [-0.2, 0) is 4.79 Å². The van der Waals surface area contributed by atoms with Gasteiger partial charge in [0.2, 0.25) is 0 Å². The smallest absolute Gasteiger partial charge is 0.259 e. The maximum Gasteiger partial charge on any atom is 0.259 e. The van der Waals surface area contributed by atoms with Crippen molar-refractivity contribution in [2.24, 2.45) is 5.10 Å². The molecule has 0 saturated carbocycles. The molecule has 0 aliphatic rings. The molecule has 0 fully saturated rings. The number of nitrogens with one attached hydrogen (secondary N) is 2. The molecule has 118 valence electrons. The molecule has 0 atom stereocenters. The Morgan fingerprint density at radius 1 is 1.17 bits per heavy atom. The molecular weight excluding hydrogens is 382 g/mol. The Morgan fingerprint density at radius 2 is 1.91 bits per heavy atom. The summed E-state index contributed by atoms with van der Waals surface area (Å²) < 4.78 is 0.919. The minimum Gasteiger partial charge on any atom is -0.343 e. The number of hydrazone groups is 1. The van der Waals surface area contributed by atoms with E-state index in [9.17, 15) is 9.59 Å². The van der Waals surface area contributed by atoms with Crippen molar-refractivity contribution in [2.45, 2.75) is 0 Å². The Balaban J connectivity index is 1.78. The van der Waals surface area contributed by atoms with E-state index < -0.39 is 5.91 Å². The van der Waals surface area contributed by atoms with E-state index in [0.717, 1.165) is 10.0 Å². The van der Waals surface area contributed by atoms with Gasteiger partial charge in [-0.2, -0.15) is 5.10 Å². The first kappa shape index (κ1) is 17.2. The molecule has 2 amide bonds. The fourth-order valence-corrected chi connectivity index (χ4v) is 2.21. The fraction of sp³-hybridized carbons (Fsp3) is 0.0625. The third kappa shape index (κ3) is 5.84. The summed E-state index contributed by atoms with van der Waals surface area (Å²) in [4.78, 5) is 23.4. The summed E-state index contributed by atoms with van der Waals surface area (Å²) in [7, 11) is 0. The molecule has 0 unspecified atom stereocenters. The van der Waals surface area contributed by atoms with Crippen LogP contribution in [0.1, 0.15) is 15.9 Å². The molecule has 2 aromatic rings. The number of benzene rings is 2. The average molecular weight is 395 g/mol. The number of hydrogen-bond acceptors (Lipinski definition) is 3. The van der Waals surface area contributed by atoms with E-state index in [1.807, 2.05) is 24.3 Å². The SMILES string of the molecule is O=C(CNC(=O)c1ccc(Cl)cc1)N/N=C\c1cccc(Br)c1. The summed E-state index contributed by atoms with van der Waals surface area (Å²) in [5.74, 6) is -0.772. The van der Waals surface area contributed by atoms with Gasteiger partial charge in [-0.05, 0) is 42.0 Å². The van der Waals surface area contributed by atoms with Crippen molar-refractivity contribution in [3.05, 3.63) is 69.2 Å². The predicted molar refractivity (Wildman–Crippen MR) is 93.7 cm³/mol. The molecule has 0 spiro atoms. The summed E-state index contributed by atoms with van der Waals surface area (Å²) in [5.41, 5.74) is 3.61. The van der Waals surface area contributed by atoms with E-state index in [1.165, 1.54) is 6.21 Å². The highest BCUT2D eigenvalue weighted by atomic mass is 79.9. The van der Waals surface area contributed by atoms with Crippen LogP contribution in [0.5, 0.6) is 0 Å². The van der Waals surface area contributed by atoms with Crippen LogP contribution in [0.2, 0.25) is 5.02 Å². The van der Waals surface area contributed by atoms with Crippen LogP contribution < -0.4 is 10.7 Å². The Morgan fingerprint density at radius 3 is 2.61 bits per heavy atom. The number of halogens is 2.